The third-order valence-corrected chi connectivity index (χ3v) is 9.43. The maximum absolute atomic E-state index is 14.0. The molecule has 1 N–H and O–H groups in total. The van der Waals surface area contributed by atoms with E-state index in [9.17, 15) is 26.7 Å². The number of rotatable bonds is 13. The van der Waals surface area contributed by atoms with Crippen LogP contribution in [0.4, 0.5) is 13.2 Å². The number of nitrogens with zero attached hydrogens (tertiary/aromatic N) is 6. The Morgan fingerprint density at radius 1 is 0.833 bits per heavy atom. The van der Waals surface area contributed by atoms with E-state index >= 15 is 0 Å². The van der Waals surface area contributed by atoms with Crippen LogP contribution in [0.3, 0.4) is 0 Å². The molecule has 0 aliphatic heterocycles. The van der Waals surface area contributed by atoms with Crippen molar-refractivity contribution in [2.24, 2.45) is 0 Å². The Labute approximate surface area is 275 Å². The molecule has 252 valence electrons. The van der Waals surface area contributed by atoms with Crippen LogP contribution in [0.2, 0.25) is 0 Å². The molecule has 48 heavy (non-hydrogen) atoms. The molecule has 3 aromatic carbocycles. The summed E-state index contributed by atoms with van der Waals surface area (Å²) in [5.41, 5.74) is -0.753. The van der Waals surface area contributed by atoms with Crippen LogP contribution in [-0.4, -0.2) is 63.0 Å². The number of alkyl halides is 3. The molecule has 5 rings (SSSR count). The number of aliphatic hydroxyl groups is 1. The summed E-state index contributed by atoms with van der Waals surface area (Å²) in [4.78, 5) is 5.57. The minimum Gasteiger partial charge on any atom is -0.497 e. The summed E-state index contributed by atoms with van der Waals surface area (Å²) in [6, 6.07) is 23.4. The van der Waals surface area contributed by atoms with E-state index in [-0.39, 0.29) is 36.8 Å². The van der Waals surface area contributed by atoms with E-state index < -0.39 is 33.1 Å². The smallest absolute Gasteiger partial charge is 0.416 e. The van der Waals surface area contributed by atoms with Crippen molar-refractivity contribution in [3.63, 3.8) is 0 Å². The molecule has 0 amide bonds. The summed E-state index contributed by atoms with van der Waals surface area (Å²) in [6.07, 6.45) is -4.49. The highest BCUT2D eigenvalue weighted by atomic mass is 32.2. The first kappa shape index (κ1) is 34.5. The first-order valence-corrected chi connectivity index (χ1v) is 16.2. The summed E-state index contributed by atoms with van der Waals surface area (Å²) in [6.45, 7) is 1.33. The van der Waals surface area contributed by atoms with E-state index in [1.54, 1.807) is 74.9 Å². The highest BCUT2D eigenvalue weighted by molar-refractivity contribution is 7.89. The second-order valence-electron chi connectivity index (χ2n) is 11.2. The molecular weight excluding hydrogens is 649 g/mol. The van der Waals surface area contributed by atoms with Gasteiger partial charge in [0.25, 0.3) is 0 Å². The van der Waals surface area contributed by atoms with E-state index in [0.29, 0.717) is 28.2 Å². The summed E-state index contributed by atoms with van der Waals surface area (Å²) in [7, 11) is -1.04. The molecule has 2 aromatic heterocycles. The molecule has 1 unspecified atom stereocenters. The predicted octanol–water partition coefficient (Wildman–Crippen LogP) is 5.06. The van der Waals surface area contributed by atoms with Gasteiger partial charge >= 0.3 is 6.18 Å². The molecule has 5 aromatic rings. The van der Waals surface area contributed by atoms with Crippen LogP contribution in [0, 0.1) is 0 Å². The van der Waals surface area contributed by atoms with Gasteiger partial charge in [-0.2, -0.15) is 22.3 Å². The van der Waals surface area contributed by atoms with Crippen LogP contribution in [0.25, 0.3) is 11.5 Å². The average molecular weight is 683 g/mol. The van der Waals surface area contributed by atoms with Gasteiger partial charge in [-0.15, -0.1) is 10.2 Å². The van der Waals surface area contributed by atoms with Gasteiger partial charge < -0.3 is 14.6 Å². The van der Waals surface area contributed by atoms with Crippen LogP contribution in [-0.2, 0) is 41.4 Å². The van der Waals surface area contributed by atoms with Crippen LogP contribution >= 0.6 is 0 Å². The van der Waals surface area contributed by atoms with Gasteiger partial charge in [0.1, 0.15) is 22.8 Å². The van der Waals surface area contributed by atoms with Crippen molar-refractivity contribution >= 4 is 10.0 Å². The lowest BCUT2D eigenvalue weighted by atomic mass is 10.0. The fraction of sp³-hybridized carbons (Fsp3) is 0.273. The Morgan fingerprint density at radius 3 is 1.98 bits per heavy atom. The molecule has 0 saturated carbocycles. The molecule has 0 spiro atoms. The quantitative estimate of drug-likeness (QED) is 0.181. The molecule has 15 heteroatoms. The lowest BCUT2D eigenvalue weighted by Gasteiger charge is -2.28. The number of aromatic nitrogens is 5. The molecule has 11 nitrogen and oxygen atoms in total. The maximum atomic E-state index is 14.0. The molecule has 1 atom stereocenters. The van der Waals surface area contributed by atoms with Crippen molar-refractivity contribution in [3.8, 4) is 23.0 Å². The number of methoxy groups -OCH3 is 2. The van der Waals surface area contributed by atoms with E-state index in [1.165, 1.54) is 29.4 Å². The van der Waals surface area contributed by atoms with E-state index in [2.05, 4.69) is 20.4 Å². The minimum absolute atomic E-state index is 0.0286. The SMILES string of the molecule is COc1ccc(CN(Cc2ccc(OC)cc2)S(=O)(=O)CC(C)(O)c2cccc(-c3nnn(Cc4cccc(C(F)(F)F)c4)n3)n2)cc1. The van der Waals surface area contributed by atoms with Gasteiger partial charge in [-0.25, -0.2) is 13.4 Å². The third-order valence-electron chi connectivity index (χ3n) is 7.45. The zero-order valence-corrected chi connectivity index (χ0v) is 27.1. The van der Waals surface area contributed by atoms with Crippen molar-refractivity contribution in [2.75, 3.05) is 20.0 Å². The standard InChI is InChI=1S/C33H33F3N6O5S/c1-32(43,22-48(44,45)41(19-23-10-14-27(46-2)15-11-23)20-24-12-16-28(47-3)17-13-24)30-9-5-8-29(37-30)31-38-40-42(39-31)21-25-6-4-7-26(18-25)33(34,35)36/h4-18,43H,19-22H2,1-3H3. The molecule has 0 radical (unpaired) electrons. The Bertz CT molecular complexity index is 1900. The lowest BCUT2D eigenvalue weighted by Crippen LogP contribution is -2.40. The van der Waals surface area contributed by atoms with Gasteiger partial charge in [0, 0.05) is 13.1 Å². The number of ether oxygens (including phenoxy) is 2. The number of sulfonamides is 1. The fourth-order valence-corrected chi connectivity index (χ4v) is 6.66. The zero-order chi connectivity index (χ0) is 34.5. The summed E-state index contributed by atoms with van der Waals surface area (Å²) < 4.78 is 79.1. The predicted molar refractivity (Wildman–Crippen MR) is 170 cm³/mol. The van der Waals surface area contributed by atoms with Gasteiger partial charge in [0.2, 0.25) is 15.8 Å². The maximum Gasteiger partial charge on any atom is 0.416 e. The number of hydrogen-bond donors (Lipinski definition) is 1. The Balaban J connectivity index is 1.36. The third kappa shape index (κ3) is 8.53. The van der Waals surface area contributed by atoms with Crippen LogP contribution in [0.15, 0.2) is 91.0 Å². The molecule has 2 heterocycles. The van der Waals surface area contributed by atoms with Gasteiger partial charge in [-0.1, -0.05) is 42.5 Å². The highest BCUT2D eigenvalue weighted by Gasteiger charge is 2.36. The molecule has 0 aliphatic rings. The number of tetrazole rings is 1. The summed E-state index contributed by atoms with van der Waals surface area (Å²) in [5.74, 6) is 0.603. The summed E-state index contributed by atoms with van der Waals surface area (Å²) in [5, 5.41) is 23.7. The lowest BCUT2D eigenvalue weighted by molar-refractivity contribution is -0.137. The fourth-order valence-electron chi connectivity index (χ4n) is 4.92. The normalized spacial score (nSPS) is 13.3. The topological polar surface area (TPSA) is 133 Å². The van der Waals surface area contributed by atoms with Crippen molar-refractivity contribution < 1.29 is 36.2 Å². The monoisotopic (exact) mass is 682 g/mol. The van der Waals surface area contributed by atoms with Crippen molar-refractivity contribution in [3.05, 3.63) is 119 Å². The molecule has 0 saturated heterocycles. The minimum atomic E-state index is -4.49. The molecule has 0 fully saturated rings. The zero-order valence-electron chi connectivity index (χ0n) is 26.3. The van der Waals surface area contributed by atoms with Crippen molar-refractivity contribution in [2.45, 2.75) is 38.3 Å². The first-order valence-electron chi connectivity index (χ1n) is 14.6. The second kappa shape index (κ2) is 14.1. The molecule has 0 bridgehead atoms. The van der Waals surface area contributed by atoms with Gasteiger partial charge in [0.05, 0.1) is 37.8 Å². The molecular formula is C33H33F3N6O5S. The first-order chi connectivity index (χ1) is 22.8. The van der Waals surface area contributed by atoms with E-state index in [4.69, 9.17) is 9.47 Å². The second-order valence-corrected chi connectivity index (χ2v) is 13.2. The Kier molecular flexibility index (Phi) is 10.1. The number of halogens is 3. The van der Waals surface area contributed by atoms with Gasteiger partial charge in [-0.05, 0) is 77.4 Å². The number of benzene rings is 3. The highest BCUT2D eigenvalue weighted by Crippen LogP contribution is 2.30. The number of pyridine rings is 1. The Morgan fingerprint density at radius 2 is 1.42 bits per heavy atom. The van der Waals surface area contributed by atoms with Gasteiger partial charge in [-0.3, -0.25) is 0 Å². The van der Waals surface area contributed by atoms with Crippen LogP contribution in [0.1, 0.15) is 34.9 Å². The largest absolute Gasteiger partial charge is 0.497 e. The average Bonchev–Trinajstić information content (AvgIpc) is 3.53. The van der Waals surface area contributed by atoms with Crippen LogP contribution < -0.4 is 9.47 Å². The van der Waals surface area contributed by atoms with E-state index in [0.717, 1.165) is 16.9 Å². The summed E-state index contributed by atoms with van der Waals surface area (Å²) >= 11 is 0. The molecule has 0 aliphatic carbocycles. The Hall–Kier alpha value is -4.86. The van der Waals surface area contributed by atoms with E-state index in [1.807, 2.05) is 0 Å². The van der Waals surface area contributed by atoms with Gasteiger partial charge in [0.15, 0.2) is 0 Å². The number of hydrogen-bond acceptors (Lipinski definition) is 9. The van der Waals surface area contributed by atoms with Crippen molar-refractivity contribution in [1.29, 1.82) is 0 Å². The van der Waals surface area contributed by atoms with Crippen molar-refractivity contribution in [1.82, 2.24) is 29.5 Å². The van der Waals surface area contributed by atoms with Crippen LogP contribution in [0.5, 0.6) is 11.5 Å².